The van der Waals surface area contributed by atoms with Crippen LogP contribution < -0.4 is 19.1 Å². The number of hydrogen-bond donors (Lipinski definition) is 1. The summed E-state index contributed by atoms with van der Waals surface area (Å²) in [6.07, 6.45) is 0. The number of methoxy groups -OCH3 is 2. The fourth-order valence-electron chi connectivity index (χ4n) is 3.39. The number of rotatable bonds is 9. The van der Waals surface area contributed by atoms with Gasteiger partial charge in [-0.25, -0.2) is 8.42 Å². The molecule has 4 aromatic rings. The Kier molecular flexibility index (Phi) is 7.51. The molecule has 0 bridgehead atoms. The van der Waals surface area contributed by atoms with Crippen LogP contribution in [0.3, 0.4) is 0 Å². The van der Waals surface area contributed by atoms with Gasteiger partial charge in [-0.1, -0.05) is 59.4 Å². The van der Waals surface area contributed by atoms with Gasteiger partial charge in [-0.05, 0) is 31.2 Å². The van der Waals surface area contributed by atoms with Crippen LogP contribution in [0.4, 0.5) is 10.8 Å². The number of amides is 1. The smallest absolute Gasteiger partial charge is 0.264 e. The van der Waals surface area contributed by atoms with E-state index in [1.54, 1.807) is 24.3 Å². The monoisotopic (exact) mass is 524 g/mol. The molecule has 4 rings (SSSR count). The zero-order valence-corrected chi connectivity index (χ0v) is 21.5. The van der Waals surface area contributed by atoms with E-state index in [-0.39, 0.29) is 15.7 Å². The van der Waals surface area contributed by atoms with E-state index in [0.29, 0.717) is 16.5 Å². The van der Waals surface area contributed by atoms with E-state index in [0.717, 1.165) is 15.4 Å². The molecular weight excluding hydrogens is 500 g/mol. The highest BCUT2D eigenvalue weighted by atomic mass is 32.2. The third-order valence-corrected chi connectivity index (χ3v) is 7.92. The second-order valence-corrected chi connectivity index (χ2v) is 10.5. The summed E-state index contributed by atoms with van der Waals surface area (Å²) in [5.41, 5.74) is 2.02. The molecule has 11 heteroatoms. The van der Waals surface area contributed by atoms with Crippen molar-refractivity contribution < 1.29 is 22.7 Å². The summed E-state index contributed by atoms with van der Waals surface area (Å²) in [5.74, 6) is 0.188. The van der Waals surface area contributed by atoms with E-state index in [2.05, 4.69) is 15.5 Å². The Morgan fingerprint density at radius 1 is 0.944 bits per heavy atom. The molecule has 0 aliphatic heterocycles. The second-order valence-electron chi connectivity index (χ2n) is 7.69. The number of sulfonamides is 1. The fourth-order valence-corrected chi connectivity index (χ4v) is 5.57. The number of anilines is 2. The van der Waals surface area contributed by atoms with E-state index in [1.165, 1.54) is 43.8 Å². The van der Waals surface area contributed by atoms with E-state index < -0.39 is 22.5 Å². The Morgan fingerprint density at radius 2 is 1.64 bits per heavy atom. The van der Waals surface area contributed by atoms with Gasteiger partial charge >= 0.3 is 0 Å². The van der Waals surface area contributed by atoms with Crippen LogP contribution in [0.1, 0.15) is 5.56 Å². The van der Waals surface area contributed by atoms with Crippen LogP contribution in [-0.2, 0) is 14.8 Å². The zero-order chi connectivity index (χ0) is 25.7. The molecule has 1 heterocycles. The molecule has 3 aromatic carbocycles. The third-order valence-electron chi connectivity index (χ3n) is 5.24. The maximum Gasteiger partial charge on any atom is 0.264 e. The quantitative estimate of drug-likeness (QED) is 0.346. The lowest BCUT2D eigenvalue weighted by atomic mass is 10.2. The molecule has 0 unspecified atom stereocenters. The molecule has 0 atom stereocenters. The van der Waals surface area contributed by atoms with E-state index >= 15 is 0 Å². The van der Waals surface area contributed by atoms with Crippen molar-refractivity contribution in [3.05, 3.63) is 78.4 Å². The van der Waals surface area contributed by atoms with Crippen molar-refractivity contribution in [2.75, 3.05) is 30.4 Å². The van der Waals surface area contributed by atoms with Gasteiger partial charge in [-0.3, -0.25) is 14.4 Å². The van der Waals surface area contributed by atoms with Crippen molar-refractivity contribution in [3.8, 4) is 22.1 Å². The highest BCUT2D eigenvalue weighted by Crippen LogP contribution is 2.34. The van der Waals surface area contributed by atoms with Gasteiger partial charge in [0.2, 0.25) is 11.0 Å². The van der Waals surface area contributed by atoms with E-state index in [4.69, 9.17) is 9.47 Å². The summed E-state index contributed by atoms with van der Waals surface area (Å²) < 4.78 is 38.9. The zero-order valence-electron chi connectivity index (χ0n) is 19.8. The summed E-state index contributed by atoms with van der Waals surface area (Å²) >= 11 is 1.20. The predicted molar refractivity (Wildman–Crippen MR) is 139 cm³/mol. The number of benzene rings is 3. The molecule has 36 heavy (non-hydrogen) atoms. The average Bonchev–Trinajstić information content (AvgIpc) is 3.36. The molecule has 186 valence electrons. The Balaban J connectivity index is 1.64. The summed E-state index contributed by atoms with van der Waals surface area (Å²) in [6.45, 7) is 1.37. The van der Waals surface area contributed by atoms with Crippen molar-refractivity contribution in [2.45, 2.75) is 11.8 Å². The minimum Gasteiger partial charge on any atom is -0.493 e. The number of carbonyl (C=O) groups excluding carboxylic acids is 1. The number of aromatic nitrogens is 2. The Hall–Kier alpha value is -3.96. The molecule has 0 saturated carbocycles. The maximum absolute atomic E-state index is 13.6. The molecule has 1 amide bonds. The highest BCUT2D eigenvalue weighted by molar-refractivity contribution is 7.92. The molecule has 0 fully saturated rings. The molecule has 1 aromatic heterocycles. The third kappa shape index (κ3) is 5.47. The Bertz CT molecular complexity index is 1460. The summed E-state index contributed by atoms with van der Waals surface area (Å²) in [7, 11) is -1.16. The second kappa shape index (κ2) is 10.8. The molecule has 0 aliphatic carbocycles. The van der Waals surface area contributed by atoms with E-state index in [9.17, 15) is 13.2 Å². The summed E-state index contributed by atoms with van der Waals surface area (Å²) in [6, 6.07) is 20.5. The van der Waals surface area contributed by atoms with E-state index in [1.807, 2.05) is 37.3 Å². The van der Waals surface area contributed by atoms with Gasteiger partial charge in [-0.2, -0.15) is 0 Å². The van der Waals surface area contributed by atoms with Crippen LogP contribution in [0.15, 0.2) is 77.7 Å². The highest BCUT2D eigenvalue weighted by Gasteiger charge is 2.28. The number of ether oxygens (including phenoxy) is 2. The van der Waals surface area contributed by atoms with Gasteiger partial charge in [0.1, 0.15) is 11.6 Å². The van der Waals surface area contributed by atoms with Crippen molar-refractivity contribution in [1.82, 2.24) is 10.2 Å². The summed E-state index contributed by atoms with van der Waals surface area (Å²) in [4.78, 5) is 13.1. The van der Waals surface area contributed by atoms with Gasteiger partial charge in [0, 0.05) is 11.6 Å². The number of aryl methyl sites for hydroxylation is 1. The maximum atomic E-state index is 13.6. The van der Waals surface area contributed by atoms with Crippen molar-refractivity contribution in [1.29, 1.82) is 0 Å². The molecule has 0 aliphatic rings. The van der Waals surface area contributed by atoms with Crippen LogP contribution >= 0.6 is 11.3 Å². The van der Waals surface area contributed by atoms with Gasteiger partial charge in [-0.15, -0.1) is 10.2 Å². The largest absolute Gasteiger partial charge is 0.493 e. The lowest BCUT2D eigenvalue weighted by Gasteiger charge is -2.24. The Morgan fingerprint density at radius 3 is 2.31 bits per heavy atom. The van der Waals surface area contributed by atoms with Crippen molar-refractivity contribution >= 4 is 38.1 Å². The molecular formula is C25H24N4O5S2. The lowest BCUT2D eigenvalue weighted by molar-refractivity contribution is -0.114. The van der Waals surface area contributed by atoms with Crippen LogP contribution in [-0.4, -0.2) is 45.3 Å². The first-order chi connectivity index (χ1) is 17.3. The van der Waals surface area contributed by atoms with Crippen LogP contribution in [0, 0.1) is 6.92 Å². The van der Waals surface area contributed by atoms with Gasteiger partial charge in [0.15, 0.2) is 11.5 Å². The first kappa shape index (κ1) is 25.1. The minimum atomic E-state index is -4.10. The topological polar surface area (TPSA) is 111 Å². The van der Waals surface area contributed by atoms with Crippen molar-refractivity contribution in [2.24, 2.45) is 0 Å². The minimum absolute atomic E-state index is 0.0537. The van der Waals surface area contributed by atoms with Crippen LogP contribution in [0.2, 0.25) is 0 Å². The molecule has 9 nitrogen and oxygen atoms in total. The van der Waals surface area contributed by atoms with Gasteiger partial charge in [0.25, 0.3) is 10.0 Å². The van der Waals surface area contributed by atoms with Gasteiger partial charge < -0.3 is 9.47 Å². The van der Waals surface area contributed by atoms with Crippen molar-refractivity contribution in [3.63, 3.8) is 0 Å². The number of hydrogen-bond acceptors (Lipinski definition) is 8. The fraction of sp³-hybridized carbons (Fsp3) is 0.160. The molecule has 0 radical (unpaired) electrons. The number of carbonyl (C=O) groups is 1. The normalized spacial score (nSPS) is 11.1. The lowest BCUT2D eigenvalue weighted by Crippen LogP contribution is -2.38. The Labute approximate surface area is 213 Å². The number of nitrogens with one attached hydrogen (secondary N) is 1. The van der Waals surface area contributed by atoms with Gasteiger partial charge in [0.05, 0.1) is 24.8 Å². The first-order valence-electron chi connectivity index (χ1n) is 10.8. The van der Waals surface area contributed by atoms with Crippen LogP contribution in [0.5, 0.6) is 11.5 Å². The summed E-state index contributed by atoms with van der Waals surface area (Å²) in [5, 5.41) is 11.7. The van der Waals surface area contributed by atoms with Crippen LogP contribution in [0.25, 0.3) is 10.6 Å². The SMILES string of the molecule is COc1ccc(N(CC(=O)Nc2nnc(-c3ccccc3)s2)S(=O)(=O)c2ccc(C)cc2)cc1OC. The molecule has 0 saturated heterocycles. The predicted octanol–water partition coefficient (Wildman–Crippen LogP) is 4.36. The standard InChI is InChI=1S/C25H24N4O5S2/c1-17-9-12-20(13-10-17)36(31,32)29(19-11-14-21(33-2)22(15-19)34-3)16-23(30)26-25-28-27-24(35-25)18-7-5-4-6-8-18/h4-15H,16H2,1-3H3,(H,26,28,30). The first-order valence-corrected chi connectivity index (χ1v) is 13.1. The molecule has 0 spiro atoms. The average molecular weight is 525 g/mol. The number of nitrogens with zero attached hydrogens (tertiary/aromatic N) is 3. The molecule has 1 N–H and O–H groups in total.